The van der Waals surface area contributed by atoms with E-state index in [1.165, 1.54) is 11.3 Å². The summed E-state index contributed by atoms with van der Waals surface area (Å²) in [5.74, 6) is 0.193. The highest BCUT2D eigenvalue weighted by molar-refractivity contribution is 7.20. The van der Waals surface area contributed by atoms with Crippen molar-refractivity contribution in [1.29, 1.82) is 0 Å². The Morgan fingerprint density at radius 1 is 1.36 bits per heavy atom. The van der Waals surface area contributed by atoms with Crippen molar-refractivity contribution in [3.8, 4) is 0 Å². The fourth-order valence-corrected chi connectivity index (χ4v) is 4.01. The van der Waals surface area contributed by atoms with E-state index in [0.29, 0.717) is 24.0 Å². The van der Waals surface area contributed by atoms with Crippen molar-refractivity contribution in [2.45, 2.75) is 38.8 Å². The van der Waals surface area contributed by atoms with Crippen LogP contribution in [0.4, 0.5) is 0 Å². The second-order valence-corrected chi connectivity index (χ2v) is 7.61. The normalized spacial score (nSPS) is 18.1. The standard InChI is InChI=1S/C17H23N5O2S/c1-10(18)17(24)22-7-4-12(5-8-22)11(2)20-15(23)16-21-13-3-6-19-9-14(13)25-16/h3,6,9-12H,4-5,7-8,18H2,1-2H3,(H,20,23). The van der Waals surface area contributed by atoms with Crippen molar-refractivity contribution in [1.82, 2.24) is 20.2 Å². The first-order valence-electron chi connectivity index (χ1n) is 8.51. The molecule has 134 valence electrons. The summed E-state index contributed by atoms with van der Waals surface area (Å²) in [5, 5.41) is 3.51. The van der Waals surface area contributed by atoms with Crippen LogP contribution in [-0.4, -0.2) is 51.9 Å². The van der Waals surface area contributed by atoms with E-state index in [4.69, 9.17) is 5.73 Å². The summed E-state index contributed by atoms with van der Waals surface area (Å²) in [6, 6.07) is 1.38. The predicted octanol–water partition coefficient (Wildman–Crippen LogP) is 1.40. The van der Waals surface area contributed by atoms with Crippen molar-refractivity contribution >= 4 is 33.4 Å². The molecular weight excluding hydrogens is 338 g/mol. The zero-order valence-corrected chi connectivity index (χ0v) is 15.3. The van der Waals surface area contributed by atoms with Crippen LogP contribution in [0.3, 0.4) is 0 Å². The molecule has 8 heteroatoms. The second-order valence-electron chi connectivity index (χ2n) is 6.58. The molecule has 7 nitrogen and oxygen atoms in total. The minimum Gasteiger partial charge on any atom is -0.347 e. The van der Waals surface area contributed by atoms with Crippen LogP contribution in [0.5, 0.6) is 0 Å². The largest absolute Gasteiger partial charge is 0.347 e. The molecule has 0 aromatic carbocycles. The van der Waals surface area contributed by atoms with E-state index < -0.39 is 6.04 Å². The van der Waals surface area contributed by atoms with Crippen molar-refractivity contribution in [2.24, 2.45) is 11.7 Å². The number of aromatic nitrogens is 2. The average molecular weight is 361 g/mol. The highest BCUT2D eigenvalue weighted by Gasteiger charge is 2.28. The smallest absolute Gasteiger partial charge is 0.280 e. The third-order valence-corrected chi connectivity index (χ3v) is 5.70. The van der Waals surface area contributed by atoms with Gasteiger partial charge in [-0.1, -0.05) is 0 Å². The highest BCUT2D eigenvalue weighted by Crippen LogP contribution is 2.23. The van der Waals surface area contributed by atoms with Gasteiger partial charge in [-0.05, 0) is 38.7 Å². The van der Waals surface area contributed by atoms with Crippen LogP contribution in [0.25, 0.3) is 10.2 Å². The molecular formula is C17H23N5O2S. The Kier molecular flexibility index (Phi) is 5.29. The Balaban J connectivity index is 1.56. The summed E-state index contributed by atoms with van der Waals surface area (Å²) >= 11 is 1.35. The molecule has 0 saturated carbocycles. The van der Waals surface area contributed by atoms with Gasteiger partial charge in [-0.2, -0.15) is 0 Å². The molecule has 1 aliphatic heterocycles. The maximum absolute atomic E-state index is 12.5. The number of piperidine rings is 1. The third-order valence-electron chi connectivity index (χ3n) is 4.69. The first kappa shape index (κ1) is 17.8. The molecule has 0 bridgehead atoms. The molecule has 2 unspecified atom stereocenters. The number of hydrogen-bond donors (Lipinski definition) is 2. The predicted molar refractivity (Wildman–Crippen MR) is 97.3 cm³/mol. The van der Waals surface area contributed by atoms with E-state index >= 15 is 0 Å². The number of rotatable bonds is 4. The van der Waals surface area contributed by atoms with Crippen LogP contribution in [0.2, 0.25) is 0 Å². The minimum atomic E-state index is -0.456. The van der Waals surface area contributed by atoms with Crippen LogP contribution in [0.1, 0.15) is 36.5 Å². The molecule has 25 heavy (non-hydrogen) atoms. The molecule has 2 amide bonds. The minimum absolute atomic E-state index is 0.00164. The lowest BCUT2D eigenvalue weighted by atomic mass is 9.90. The van der Waals surface area contributed by atoms with Gasteiger partial charge in [-0.3, -0.25) is 14.6 Å². The number of nitrogens with one attached hydrogen (secondary N) is 1. The number of nitrogens with two attached hydrogens (primary N) is 1. The molecule has 2 aromatic heterocycles. The Labute approximate surface area is 150 Å². The van der Waals surface area contributed by atoms with Crippen LogP contribution < -0.4 is 11.1 Å². The van der Waals surface area contributed by atoms with Crippen LogP contribution in [0.15, 0.2) is 18.5 Å². The van der Waals surface area contributed by atoms with E-state index in [9.17, 15) is 9.59 Å². The molecule has 1 saturated heterocycles. The molecule has 0 aliphatic carbocycles. The van der Waals surface area contributed by atoms with Gasteiger partial charge in [-0.15, -0.1) is 11.3 Å². The number of carbonyl (C=O) groups is 2. The van der Waals surface area contributed by atoms with Crippen molar-refractivity contribution < 1.29 is 9.59 Å². The molecule has 3 N–H and O–H groups in total. The Morgan fingerprint density at radius 3 is 2.72 bits per heavy atom. The zero-order chi connectivity index (χ0) is 18.0. The fourth-order valence-electron chi connectivity index (χ4n) is 3.17. The van der Waals surface area contributed by atoms with Gasteiger partial charge in [0.25, 0.3) is 5.91 Å². The molecule has 2 atom stereocenters. The van der Waals surface area contributed by atoms with Gasteiger partial charge in [0.1, 0.15) is 0 Å². The summed E-state index contributed by atoms with van der Waals surface area (Å²) < 4.78 is 0.906. The number of thiazole rings is 1. The zero-order valence-electron chi connectivity index (χ0n) is 14.4. The van der Waals surface area contributed by atoms with E-state index in [1.807, 2.05) is 11.8 Å². The summed E-state index contributed by atoms with van der Waals surface area (Å²) in [6.07, 6.45) is 5.12. The van der Waals surface area contributed by atoms with E-state index in [0.717, 1.165) is 23.1 Å². The van der Waals surface area contributed by atoms with Crippen molar-refractivity contribution in [3.05, 3.63) is 23.5 Å². The van der Waals surface area contributed by atoms with Gasteiger partial charge in [0.2, 0.25) is 5.91 Å². The average Bonchev–Trinajstić information content (AvgIpc) is 3.05. The van der Waals surface area contributed by atoms with Gasteiger partial charge in [-0.25, -0.2) is 4.98 Å². The van der Waals surface area contributed by atoms with Crippen molar-refractivity contribution in [3.63, 3.8) is 0 Å². The summed E-state index contributed by atoms with van der Waals surface area (Å²) in [6.45, 7) is 5.11. The molecule has 1 aliphatic rings. The van der Waals surface area contributed by atoms with Crippen LogP contribution in [-0.2, 0) is 4.79 Å². The first-order valence-corrected chi connectivity index (χ1v) is 9.33. The number of nitrogens with zero attached hydrogens (tertiary/aromatic N) is 3. The van der Waals surface area contributed by atoms with Gasteiger partial charge >= 0.3 is 0 Å². The van der Waals surface area contributed by atoms with Gasteiger partial charge < -0.3 is 16.0 Å². The molecule has 0 spiro atoms. The van der Waals surface area contributed by atoms with Crippen LogP contribution >= 0.6 is 11.3 Å². The van der Waals surface area contributed by atoms with E-state index in [-0.39, 0.29) is 17.9 Å². The van der Waals surface area contributed by atoms with Gasteiger partial charge in [0.15, 0.2) is 5.01 Å². The fraction of sp³-hybridized carbons (Fsp3) is 0.529. The molecule has 2 aromatic rings. The highest BCUT2D eigenvalue weighted by atomic mass is 32.1. The Bertz CT molecular complexity index is 734. The topological polar surface area (TPSA) is 101 Å². The maximum Gasteiger partial charge on any atom is 0.280 e. The Morgan fingerprint density at radius 2 is 2.08 bits per heavy atom. The molecule has 0 radical (unpaired) electrons. The lowest BCUT2D eigenvalue weighted by Crippen LogP contribution is -2.49. The van der Waals surface area contributed by atoms with E-state index in [1.54, 1.807) is 25.4 Å². The van der Waals surface area contributed by atoms with E-state index in [2.05, 4.69) is 15.3 Å². The molecule has 3 rings (SSSR count). The lowest BCUT2D eigenvalue weighted by molar-refractivity contribution is -0.133. The monoisotopic (exact) mass is 361 g/mol. The van der Waals surface area contributed by atoms with Crippen molar-refractivity contribution in [2.75, 3.05) is 13.1 Å². The summed E-state index contributed by atoms with van der Waals surface area (Å²) in [5.41, 5.74) is 6.46. The molecule has 1 fully saturated rings. The second kappa shape index (κ2) is 7.45. The van der Waals surface area contributed by atoms with Crippen LogP contribution in [0, 0.1) is 5.92 Å². The number of fused-ring (bicyclic) bond motifs is 1. The van der Waals surface area contributed by atoms with Gasteiger partial charge in [0, 0.05) is 31.5 Å². The summed E-state index contributed by atoms with van der Waals surface area (Å²) in [7, 11) is 0. The first-order chi connectivity index (χ1) is 12.0. The number of pyridine rings is 1. The maximum atomic E-state index is 12.5. The number of likely N-dealkylation sites (tertiary alicyclic amines) is 1. The number of amides is 2. The molecule has 3 heterocycles. The quantitative estimate of drug-likeness (QED) is 0.857. The number of carbonyl (C=O) groups excluding carboxylic acids is 2. The SMILES string of the molecule is CC(N)C(=O)N1CCC(C(C)NC(=O)c2nc3ccncc3s2)CC1. The lowest BCUT2D eigenvalue weighted by Gasteiger charge is -2.35. The van der Waals surface area contributed by atoms with Gasteiger partial charge in [0.05, 0.1) is 16.3 Å². The Hall–Kier alpha value is -2.06. The summed E-state index contributed by atoms with van der Waals surface area (Å²) in [4.78, 5) is 34.6. The third kappa shape index (κ3) is 3.96. The number of hydrogen-bond acceptors (Lipinski definition) is 6.